The molecule has 2 heteroatoms. The van der Waals surface area contributed by atoms with Gasteiger partial charge in [-0.25, -0.2) is 0 Å². The van der Waals surface area contributed by atoms with Crippen LogP contribution >= 0.6 is 0 Å². The fourth-order valence-corrected chi connectivity index (χ4v) is 1.25. The van der Waals surface area contributed by atoms with Gasteiger partial charge in [-0.15, -0.1) is 0 Å². The molecule has 0 aromatic heterocycles. The number of rotatable bonds is 2. The van der Waals surface area contributed by atoms with E-state index >= 15 is 0 Å². The average Bonchev–Trinajstić information content (AvgIpc) is 2.24. The molecule has 2 aromatic carbocycles. The van der Waals surface area contributed by atoms with Gasteiger partial charge in [-0.2, -0.15) is 0 Å². The molecule has 0 aliphatic carbocycles. The first-order valence-corrected chi connectivity index (χ1v) is 4.52. The molecule has 3 radical (unpaired) electrons. The minimum Gasteiger partial charge on any atom is -0.507 e. The molecular formula is C13H9O2. The van der Waals surface area contributed by atoms with Crippen LogP contribution in [0.4, 0.5) is 0 Å². The van der Waals surface area contributed by atoms with Crippen molar-refractivity contribution in [3.63, 3.8) is 0 Å². The Hall–Kier alpha value is -1.96. The molecule has 0 atom stereocenters. The van der Waals surface area contributed by atoms with Crippen molar-refractivity contribution in [2.45, 2.75) is 0 Å². The van der Waals surface area contributed by atoms with E-state index in [9.17, 15) is 5.11 Å². The van der Waals surface area contributed by atoms with Gasteiger partial charge in [0.1, 0.15) is 11.5 Å². The summed E-state index contributed by atoms with van der Waals surface area (Å²) in [7, 11) is 0. The van der Waals surface area contributed by atoms with Gasteiger partial charge in [0.25, 0.3) is 0 Å². The molecule has 0 saturated carbocycles. The first kappa shape index (κ1) is 9.59. The number of hydrogen-bond donors (Lipinski definition) is 2. The quantitative estimate of drug-likeness (QED) is 0.776. The van der Waals surface area contributed by atoms with Crippen molar-refractivity contribution < 1.29 is 10.2 Å². The number of phenols is 2. The van der Waals surface area contributed by atoms with E-state index in [0.717, 1.165) is 5.56 Å². The highest BCUT2D eigenvalue weighted by Crippen LogP contribution is 2.25. The highest BCUT2D eigenvalue weighted by molar-refractivity contribution is 5.47. The molecule has 0 aliphatic heterocycles. The van der Waals surface area contributed by atoms with Crippen LogP contribution in [0.15, 0.2) is 42.5 Å². The van der Waals surface area contributed by atoms with Crippen molar-refractivity contribution in [2.75, 3.05) is 0 Å². The van der Waals surface area contributed by atoms with E-state index in [-0.39, 0.29) is 11.5 Å². The van der Waals surface area contributed by atoms with E-state index in [1.165, 1.54) is 6.07 Å². The van der Waals surface area contributed by atoms with E-state index < -0.39 is 0 Å². The van der Waals surface area contributed by atoms with Gasteiger partial charge < -0.3 is 10.2 Å². The zero-order chi connectivity index (χ0) is 10.7. The number of hydrogen-bond acceptors (Lipinski definition) is 2. The van der Waals surface area contributed by atoms with Gasteiger partial charge in [-0.1, -0.05) is 36.4 Å². The summed E-state index contributed by atoms with van der Waals surface area (Å²) in [5.41, 5.74) is 1.38. The van der Waals surface area contributed by atoms with Crippen LogP contribution in [-0.2, 0) is 0 Å². The van der Waals surface area contributed by atoms with Crippen molar-refractivity contribution in [1.29, 1.82) is 0 Å². The highest BCUT2D eigenvalue weighted by Gasteiger charge is 2.04. The zero-order valence-electron chi connectivity index (χ0n) is 7.94. The Labute approximate surface area is 88.4 Å². The Balaban J connectivity index is 2.25. The molecule has 0 saturated heterocycles. The second kappa shape index (κ2) is 4.05. The molecule has 0 fully saturated rings. The maximum absolute atomic E-state index is 9.47. The standard InChI is InChI=1S/C13H9O2/c14-12-7-6-11(13(15)9-12)8-10-4-2-1-3-5-10/h1-7,14-15H. The Kier molecular flexibility index (Phi) is 2.59. The van der Waals surface area contributed by atoms with Crippen LogP contribution in [0.1, 0.15) is 11.1 Å². The lowest BCUT2D eigenvalue weighted by molar-refractivity contribution is 0.446. The van der Waals surface area contributed by atoms with Crippen LogP contribution in [-0.4, -0.2) is 10.2 Å². The smallest absolute Gasteiger partial charge is 0.131 e. The Morgan fingerprint density at radius 3 is 2.33 bits per heavy atom. The summed E-state index contributed by atoms with van der Waals surface area (Å²) in [6.45, 7) is 0. The monoisotopic (exact) mass is 197 g/mol. The largest absolute Gasteiger partial charge is 0.507 e. The second-order valence-electron chi connectivity index (χ2n) is 3.10. The second-order valence-corrected chi connectivity index (χ2v) is 3.10. The summed E-state index contributed by atoms with van der Waals surface area (Å²) in [6.07, 6.45) is 3.01. The zero-order valence-corrected chi connectivity index (χ0v) is 7.94. The maximum Gasteiger partial charge on any atom is 0.131 e. The van der Waals surface area contributed by atoms with E-state index in [2.05, 4.69) is 12.5 Å². The summed E-state index contributed by atoms with van der Waals surface area (Å²) in [6, 6.07) is 14.9. The lowest BCUT2D eigenvalue weighted by Gasteiger charge is -2.03. The van der Waals surface area contributed by atoms with E-state index in [1.54, 1.807) is 6.07 Å². The molecule has 2 nitrogen and oxygen atoms in total. The molecule has 2 aromatic rings. The average molecular weight is 197 g/mol. The Bertz CT molecular complexity index is 449. The molecule has 15 heavy (non-hydrogen) atoms. The molecule has 0 unspecified atom stereocenters. The highest BCUT2D eigenvalue weighted by atomic mass is 16.3. The first-order valence-electron chi connectivity index (χ1n) is 4.52. The molecule has 0 bridgehead atoms. The van der Waals surface area contributed by atoms with Crippen molar-refractivity contribution in [2.24, 2.45) is 0 Å². The third-order valence-electron chi connectivity index (χ3n) is 1.96. The van der Waals surface area contributed by atoms with E-state index in [4.69, 9.17) is 5.11 Å². The molecule has 0 spiro atoms. The molecular weight excluding hydrogens is 188 g/mol. The molecule has 0 amide bonds. The first-order chi connectivity index (χ1) is 7.25. The fraction of sp³-hybridized carbons (Fsp3) is 0. The minimum atomic E-state index is -0.0983. The maximum atomic E-state index is 9.47. The third-order valence-corrected chi connectivity index (χ3v) is 1.96. The summed E-state index contributed by atoms with van der Waals surface area (Å²) in [5.74, 6) is -0.176. The lowest BCUT2D eigenvalue weighted by atomic mass is 10.0. The number of benzene rings is 2. The molecule has 2 N–H and O–H groups in total. The van der Waals surface area contributed by atoms with Gasteiger partial charge in [0.05, 0.1) is 12.5 Å². The summed E-state index contributed by atoms with van der Waals surface area (Å²) in [4.78, 5) is 0. The van der Waals surface area contributed by atoms with E-state index in [1.807, 2.05) is 30.3 Å². The van der Waals surface area contributed by atoms with E-state index in [0.29, 0.717) is 5.56 Å². The van der Waals surface area contributed by atoms with Gasteiger partial charge >= 0.3 is 0 Å². The van der Waals surface area contributed by atoms with Crippen LogP contribution in [0.3, 0.4) is 0 Å². The van der Waals surface area contributed by atoms with Crippen LogP contribution in [0, 0.1) is 12.5 Å². The SMILES string of the molecule is Oc1[c]c(O)c([C]c2ccccc2)cc1. The van der Waals surface area contributed by atoms with Crippen LogP contribution in [0.2, 0.25) is 0 Å². The minimum absolute atomic E-state index is 0.0777. The molecule has 0 aliphatic rings. The molecule has 2 rings (SSSR count). The van der Waals surface area contributed by atoms with Gasteiger partial charge in [0.2, 0.25) is 0 Å². The Morgan fingerprint density at radius 1 is 0.933 bits per heavy atom. The summed E-state index contributed by atoms with van der Waals surface area (Å²) in [5, 5.41) is 18.5. The molecule has 73 valence electrons. The van der Waals surface area contributed by atoms with Crippen molar-refractivity contribution in [3.05, 3.63) is 66.1 Å². The van der Waals surface area contributed by atoms with Crippen molar-refractivity contribution in [1.82, 2.24) is 0 Å². The molecule has 0 heterocycles. The van der Waals surface area contributed by atoms with Crippen molar-refractivity contribution >= 4 is 0 Å². The number of aromatic hydroxyl groups is 2. The van der Waals surface area contributed by atoms with Gasteiger partial charge in [-0.3, -0.25) is 0 Å². The Morgan fingerprint density at radius 2 is 1.67 bits per heavy atom. The van der Waals surface area contributed by atoms with Gasteiger partial charge in [-0.05, 0) is 11.6 Å². The summed E-state index contributed by atoms with van der Waals surface area (Å²) < 4.78 is 0. The van der Waals surface area contributed by atoms with Gasteiger partial charge in [0, 0.05) is 5.56 Å². The fourth-order valence-electron chi connectivity index (χ4n) is 1.25. The van der Waals surface area contributed by atoms with Crippen LogP contribution in [0.5, 0.6) is 11.5 Å². The predicted molar refractivity (Wildman–Crippen MR) is 56.5 cm³/mol. The predicted octanol–water partition coefficient (Wildman–Crippen LogP) is 2.38. The van der Waals surface area contributed by atoms with Gasteiger partial charge in [0.15, 0.2) is 0 Å². The number of phenolic OH excluding ortho intramolecular Hbond substituents is 2. The topological polar surface area (TPSA) is 40.5 Å². The van der Waals surface area contributed by atoms with Crippen molar-refractivity contribution in [3.8, 4) is 11.5 Å². The normalized spacial score (nSPS) is 10.1. The summed E-state index contributed by atoms with van der Waals surface area (Å²) >= 11 is 0. The lowest BCUT2D eigenvalue weighted by Crippen LogP contribution is -1.85. The third kappa shape index (κ3) is 2.29. The van der Waals surface area contributed by atoms with Crippen LogP contribution < -0.4 is 0 Å². The van der Waals surface area contributed by atoms with Crippen LogP contribution in [0.25, 0.3) is 0 Å².